The molecule has 0 radical (unpaired) electrons. The van der Waals surface area contributed by atoms with Crippen LogP contribution in [0.4, 0.5) is 0 Å². The van der Waals surface area contributed by atoms with Crippen LogP contribution in [0.3, 0.4) is 0 Å². The van der Waals surface area contributed by atoms with E-state index in [1.165, 1.54) is 0 Å². The second-order valence-electron chi connectivity index (χ2n) is 5.02. The van der Waals surface area contributed by atoms with Crippen molar-refractivity contribution in [1.29, 1.82) is 0 Å². The molecule has 0 bridgehead atoms. The molecule has 1 atom stereocenters. The predicted octanol–water partition coefficient (Wildman–Crippen LogP) is 2.09. The lowest BCUT2D eigenvalue weighted by Crippen LogP contribution is -2.41. The largest absolute Gasteiger partial charge is 0.481 e. The summed E-state index contributed by atoms with van der Waals surface area (Å²) >= 11 is 5.76. The van der Waals surface area contributed by atoms with Gasteiger partial charge in [-0.05, 0) is 44.0 Å². The highest BCUT2D eigenvalue weighted by Crippen LogP contribution is 2.45. The summed E-state index contributed by atoms with van der Waals surface area (Å²) in [7, 11) is 0. The van der Waals surface area contributed by atoms with Crippen LogP contribution in [0.5, 0.6) is 5.75 Å². The number of hydrogen-bond acceptors (Lipinski definition) is 3. The number of carbonyl (C=O) groups is 2. The number of nitrogens with one attached hydrogen (secondary N) is 1. The van der Waals surface area contributed by atoms with E-state index in [2.05, 4.69) is 5.32 Å². The molecule has 0 heterocycles. The standard InChI is InChI=1S/C14H16ClNO4/c1-9(20-11-4-2-10(15)3-5-11)12(17)16-8-14(6-7-14)13(18)19/h2-5,9H,6-8H2,1H3,(H,16,17)(H,18,19). The third-order valence-electron chi connectivity index (χ3n) is 3.40. The first-order valence-corrected chi connectivity index (χ1v) is 6.74. The van der Waals surface area contributed by atoms with Crippen molar-refractivity contribution in [2.75, 3.05) is 6.54 Å². The van der Waals surface area contributed by atoms with Gasteiger partial charge in [0.15, 0.2) is 6.10 Å². The first-order chi connectivity index (χ1) is 9.43. The molecule has 0 aromatic heterocycles. The maximum absolute atomic E-state index is 11.9. The molecule has 1 aromatic rings. The van der Waals surface area contributed by atoms with Crippen LogP contribution in [0.1, 0.15) is 19.8 Å². The van der Waals surface area contributed by atoms with Crippen LogP contribution in [0.25, 0.3) is 0 Å². The topological polar surface area (TPSA) is 75.6 Å². The Hall–Kier alpha value is -1.75. The zero-order chi connectivity index (χ0) is 14.8. The first kappa shape index (κ1) is 14.7. The molecule has 108 valence electrons. The molecule has 0 spiro atoms. The average molecular weight is 298 g/mol. The van der Waals surface area contributed by atoms with E-state index in [0.717, 1.165) is 0 Å². The molecular formula is C14H16ClNO4. The smallest absolute Gasteiger partial charge is 0.311 e. The summed E-state index contributed by atoms with van der Waals surface area (Å²) in [5.41, 5.74) is -0.768. The van der Waals surface area contributed by atoms with Gasteiger partial charge in [0.05, 0.1) is 5.41 Å². The monoisotopic (exact) mass is 297 g/mol. The Morgan fingerprint density at radius 2 is 2.00 bits per heavy atom. The molecule has 1 aliphatic rings. The Morgan fingerprint density at radius 1 is 1.40 bits per heavy atom. The number of carboxylic acids is 1. The molecule has 1 unspecified atom stereocenters. The number of carbonyl (C=O) groups excluding carboxylic acids is 1. The molecule has 0 saturated heterocycles. The van der Waals surface area contributed by atoms with E-state index in [-0.39, 0.29) is 12.5 Å². The van der Waals surface area contributed by atoms with Crippen LogP contribution in [-0.4, -0.2) is 29.6 Å². The van der Waals surface area contributed by atoms with Crippen molar-refractivity contribution in [1.82, 2.24) is 5.32 Å². The third-order valence-corrected chi connectivity index (χ3v) is 3.66. The van der Waals surface area contributed by atoms with Crippen molar-refractivity contribution >= 4 is 23.5 Å². The molecule has 1 saturated carbocycles. The van der Waals surface area contributed by atoms with Gasteiger partial charge in [0, 0.05) is 11.6 Å². The van der Waals surface area contributed by atoms with E-state index < -0.39 is 17.5 Å². The zero-order valence-corrected chi connectivity index (χ0v) is 11.8. The molecule has 1 fully saturated rings. The van der Waals surface area contributed by atoms with Gasteiger partial charge in [0.1, 0.15) is 5.75 Å². The van der Waals surface area contributed by atoms with Crippen LogP contribution in [0.2, 0.25) is 5.02 Å². The van der Waals surface area contributed by atoms with Crippen LogP contribution >= 0.6 is 11.6 Å². The van der Waals surface area contributed by atoms with Crippen molar-refractivity contribution < 1.29 is 19.4 Å². The summed E-state index contributed by atoms with van der Waals surface area (Å²) in [4.78, 5) is 22.9. The quantitative estimate of drug-likeness (QED) is 0.843. The van der Waals surface area contributed by atoms with E-state index >= 15 is 0 Å². The Morgan fingerprint density at radius 3 is 2.50 bits per heavy atom. The second kappa shape index (κ2) is 5.71. The number of amides is 1. The zero-order valence-electron chi connectivity index (χ0n) is 11.1. The molecule has 2 N–H and O–H groups in total. The molecule has 1 amide bonds. The van der Waals surface area contributed by atoms with Crippen molar-refractivity contribution in [3.8, 4) is 5.75 Å². The molecule has 5 nitrogen and oxygen atoms in total. The summed E-state index contributed by atoms with van der Waals surface area (Å²) in [5.74, 6) is -0.645. The average Bonchev–Trinajstić information content (AvgIpc) is 3.20. The lowest BCUT2D eigenvalue weighted by atomic mass is 10.1. The minimum Gasteiger partial charge on any atom is -0.481 e. The Balaban J connectivity index is 1.83. The summed E-state index contributed by atoms with van der Waals surface area (Å²) in [6.07, 6.45) is 0.519. The minimum absolute atomic E-state index is 0.148. The van der Waals surface area contributed by atoms with E-state index in [4.69, 9.17) is 21.4 Å². The van der Waals surface area contributed by atoms with Gasteiger partial charge in [0.2, 0.25) is 0 Å². The van der Waals surface area contributed by atoms with Crippen LogP contribution in [-0.2, 0) is 9.59 Å². The summed E-state index contributed by atoms with van der Waals surface area (Å²) < 4.78 is 5.46. The fourth-order valence-electron chi connectivity index (χ4n) is 1.79. The highest BCUT2D eigenvalue weighted by atomic mass is 35.5. The maximum atomic E-state index is 11.9. The Labute approximate surface area is 121 Å². The van der Waals surface area contributed by atoms with Crippen LogP contribution in [0.15, 0.2) is 24.3 Å². The first-order valence-electron chi connectivity index (χ1n) is 6.36. The van der Waals surface area contributed by atoms with Gasteiger partial charge in [-0.25, -0.2) is 0 Å². The summed E-state index contributed by atoms with van der Waals surface area (Å²) in [5, 5.41) is 12.2. The summed E-state index contributed by atoms with van der Waals surface area (Å²) in [6, 6.07) is 6.69. The number of hydrogen-bond donors (Lipinski definition) is 2. The van der Waals surface area contributed by atoms with Gasteiger partial charge in [-0.1, -0.05) is 11.6 Å². The van der Waals surface area contributed by atoms with Gasteiger partial charge in [0.25, 0.3) is 5.91 Å². The lowest BCUT2D eigenvalue weighted by molar-refractivity contribution is -0.143. The maximum Gasteiger partial charge on any atom is 0.311 e. The molecule has 20 heavy (non-hydrogen) atoms. The number of carboxylic acid groups (broad SMARTS) is 1. The van der Waals surface area contributed by atoms with E-state index in [0.29, 0.717) is 23.6 Å². The molecule has 1 aliphatic carbocycles. The highest BCUT2D eigenvalue weighted by molar-refractivity contribution is 6.30. The summed E-state index contributed by atoms with van der Waals surface area (Å²) in [6.45, 7) is 1.76. The molecule has 1 aromatic carbocycles. The van der Waals surface area contributed by atoms with E-state index in [1.54, 1.807) is 31.2 Å². The molecule has 0 aliphatic heterocycles. The minimum atomic E-state index is -0.857. The number of rotatable bonds is 6. The number of halogens is 1. The van der Waals surface area contributed by atoms with Crippen molar-refractivity contribution in [3.05, 3.63) is 29.3 Å². The molecular weight excluding hydrogens is 282 g/mol. The van der Waals surface area contributed by atoms with Crippen LogP contribution in [0, 0.1) is 5.41 Å². The Kier molecular flexibility index (Phi) is 4.18. The van der Waals surface area contributed by atoms with Gasteiger partial charge < -0.3 is 15.2 Å². The highest BCUT2D eigenvalue weighted by Gasteiger charge is 2.50. The molecule has 6 heteroatoms. The van der Waals surface area contributed by atoms with E-state index in [1.807, 2.05) is 0 Å². The van der Waals surface area contributed by atoms with Crippen molar-refractivity contribution in [2.45, 2.75) is 25.9 Å². The fourth-order valence-corrected chi connectivity index (χ4v) is 1.91. The van der Waals surface area contributed by atoms with Crippen molar-refractivity contribution in [2.24, 2.45) is 5.41 Å². The fraction of sp³-hybridized carbons (Fsp3) is 0.429. The van der Waals surface area contributed by atoms with Crippen molar-refractivity contribution in [3.63, 3.8) is 0 Å². The van der Waals surface area contributed by atoms with E-state index in [9.17, 15) is 9.59 Å². The van der Waals surface area contributed by atoms with Gasteiger partial charge >= 0.3 is 5.97 Å². The SMILES string of the molecule is CC(Oc1ccc(Cl)cc1)C(=O)NCC1(C(=O)O)CC1. The Bertz CT molecular complexity index is 510. The third kappa shape index (κ3) is 3.42. The molecule has 2 rings (SSSR count). The number of aliphatic carboxylic acids is 1. The van der Waals surface area contributed by atoms with Crippen LogP contribution < -0.4 is 10.1 Å². The van der Waals surface area contributed by atoms with Gasteiger partial charge in [-0.15, -0.1) is 0 Å². The van der Waals surface area contributed by atoms with Gasteiger partial charge in [-0.3, -0.25) is 9.59 Å². The second-order valence-corrected chi connectivity index (χ2v) is 5.45. The lowest BCUT2D eigenvalue weighted by Gasteiger charge is -2.16. The van der Waals surface area contributed by atoms with Gasteiger partial charge in [-0.2, -0.15) is 0 Å². The predicted molar refractivity (Wildman–Crippen MR) is 73.9 cm³/mol. The number of benzene rings is 1. The number of ether oxygens (including phenoxy) is 1. The normalized spacial score (nSPS) is 17.1.